The molecule has 1 aliphatic rings. The molecule has 1 aromatic carbocycles. The molecule has 8 heteroatoms. The Labute approximate surface area is 149 Å². The molecule has 1 heterocycles. The number of benzene rings is 1. The predicted molar refractivity (Wildman–Crippen MR) is 95.3 cm³/mol. The molecule has 0 saturated carbocycles. The molecule has 140 valence electrons. The van der Waals surface area contributed by atoms with E-state index in [-0.39, 0.29) is 22.5 Å². The molecule has 0 radical (unpaired) electrons. The first kappa shape index (κ1) is 19.7. The van der Waals surface area contributed by atoms with Gasteiger partial charge in [0.05, 0.1) is 20.3 Å². The molecular weight excluding hydrogens is 344 g/mol. The first-order valence-electron chi connectivity index (χ1n) is 8.47. The second-order valence-corrected chi connectivity index (χ2v) is 7.97. The van der Waals surface area contributed by atoms with Crippen LogP contribution in [0.2, 0.25) is 0 Å². The third-order valence-electron chi connectivity index (χ3n) is 4.19. The van der Waals surface area contributed by atoms with Crippen molar-refractivity contribution in [3.63, 3.8) is 0 Å². The number of amides is 1. The number of nitrogens with one attached hydrogen (secondary N) is 1. The zero-order valence-electron chi connectivity index (χ0n) is 14.9. The van der Waals surface area contributed by atoms with Crippen LogP contribution in [0.1, 0.15) is 26.7 Å². The van der Waals surface area contributed by atoms with Crippen molar-refractivity contribution in [3.8, 4) is 5.75 Å². The Bertz CT molecular complexity index is 699. The number of nitrogens with zero attached hydrogens (tertiary/aromatic N) is 1. The van der Waals surface area contributed by atoms with Gasteiger partial charge in [0, 0.05) is 24.7 Å². The molecule has 1 amide bonds. The maximum absolute atomic E-state index is 12.9. The van der Waals surface area contributed by atoms with Crippen LogP contribution in [0.3, 0.4) is 0 Å². The zero-order chi connectivity index (χ0) is 18.4. The largest absolute Gasteiger partial charge is 0.495 e. The number of anilines is 1. The van der Waals surface area contributed by atoms with Crippen molar-refractivity contribution >= 4 is 21.6 Å². The molecule has 0 aromatic heterocycles. The van der Waals surface area contributed by atoms with Crippen molar-refractivity contribution in [2.75, 3.05) is 38.7 Å². The molecule has 1 unspecified atom stereocenters. The van der Waals surface area contributed by atoms with Crippen LogP contribution in [0.4, 0.5) is 5.69 Å². The summed E-state index contributed by atoms with van der Waals surface area (Å²) in [4.78, 5) is 12.3. The summed E-state index contributed by atoms with van der Waals surface area (Å²) in [5.74, 6) is -0.000707. The van der Waals surface area contributed by atoms with E-state index in [1.165, 1.54) is 17.5 Å². The summed E-state index contributed by atoms with van der Waals surface area (Å²) < 4.78 is 37.6. The van der Waals surface area contributed by atoms with Crippen molar-refractivity contribution in [2.24, 2.45) is 5.92 Å². The second-order valence-electron chi connectivity index (χ2n) is 6.06. The van der Waals surface area contributed by atoms with Gasteiger partial charge in [-0.3, -0.25) is 4.79 Å². The average Bonchev–Trinajstić information content (AvgIpc) is 2.62. The van der Waals surface area contributed by atoms with E-state index in [0.29, 0.717) is 32.0 Å². The van der Waals surface area contributed by atoms with E-state index in [4.69, 9.17) is 9.47 Å². The van der Waals surface area contributed by atoms with E-state index >= 15 is 0 Å². The fraction of sp³-hybridized carbons (Fsp3) is 0.588. The van der Waals surface area contributed by atoms with Gasteiger partial charge in [-0.05, 0) is 24.6 Å². The minimum atomic E-state index is -3.72. The van der Waals surface area contributed by atoms with Crippen molar-refractivity contribution in [1.29, 1.82) is 0 Å². The Hall–Kier alpha value is -1.64. The molecule has 0 bridgehead atoms. The lowest BCUT2D eigenvalue weighted by Gasteiger charge is -2.27. The Kier molecular flexibility index (Phi) is 6.80. The minimum Gasteiger partial charge on any atom is -0.495 e. The summed E-state index contributed by atoms with van der Waals surface area (Å²) in [7, 11) is -2.29. The molecule has 0 spiro atoms. The van der Waals surface area contributed by atoms with E-state index < -0.39 is 10.0 Å². The highest BCUT2D eigenvalue weighted by molar-refractivity contribution is 7.89. The number of ether oxygens (including phenoxy) is 2. The normalized spacial score (nSPS) is 17.1. The van der Waals surface area contributed by atoms with Crippen LogP contribution in [0.15, 0.2) is 23.1 Å². The van der Waals surface area contributed by atoms with Gasteiger partial charge in [0.15, 0.2) is 0 Å². The Morgan fingerprint density at radius 1 is 1.36 bits per heavy atom. The number of morpholine rings is 1. The quantitative estimate of drug-likeness (QED) is 0.794. The van der Waals surface area contributed by atoms with Crippen LogP contribution in [-0.2, 0) is 19.6 Å². The number of carbonyl (C=O) groups is 1. The number of carbonyl (C=O) groups excluding carboxylic acids is 1. The van der Waals surface area contributed by atoms with E-state index in [9.17, 15) is 13.2 Å². The summed E-state index contributed by atoms with van der Waals surface area (Å²) in [5.41, 5.74) is 0.445. The number of sulfonamides is 1. The fourth-order valence-electron chi connectivity index (χ4n) is 2.71. The van der Waals surface area contributed by atoms with E-state index in [0.717, 1.165) is 12.8 Å². The molecule has 0 aliphatic carbocycles. The highest BCUT2D eigenvalue weighted by atomic mass is 32.2. The molecule has 25 heavy (non-hydrogen) atoms. The first-order chi connectivity index (χ1) is 11.9. The van der Waals surface area contributed by atoms with E-state index in [1.54, 1.807) is 12.1 Å². The SMILES string of the molecule is CCCC(C)C(=O)Nc1ccc(OC)c(S(=O)(=O)N2CCOCC2)c1. The zero-order valence-corrected chi connectivity index (χ0v) is 15.8. The Morgan fingerprint density at radius 3 is 2.64 bits per heavy atom. The van der Waals surface area contributed by atoms with Gasteiger partial charge in [0.25, 0.3) is 0 Å². The fourth-order valence-corrected chi connectivity index (χ4v) is 4.30. The Morgan fingerprint density at radius 2 is 2.04 bits per heavy atom. The minimum absolute atomic E-state index is 0.0536. The van der Waals surface area contributed by atoms with Gasteiger partial charge < -0.3 is 14.8 Å². The van der Waals surface area contributed by atoms with Gasteiger partial charge >= 0.3 is 0 Å². The molecule has 1 saturated heterocycles. The van der Waals surface area contributed by atoms with E-state index in [2.05, 4.69) is 5.32 Å². The third kappa shape index (κ3) is 4.71. The maximum atomic E-state index is 12.9. The van der Waals surface area contributed by atoms with Crippen LogP contribution in [0, 0.1) is 5.92 Å². The van der Waals surface area contributed by atoms with E-state index in [1.807, 2.05) is 13.8 Å². The number of hydrogen-bond donors (Lipinski definition) is 1. The predicted octanol–water partition coefficient (Wildman–Crippen LogP) is 2.09. The van der Waals surface area contributed by atoms with Gasteiger partial charge in [-0.2, -0.15) is 4.31 Å². The van der Waals surface area contributed by atoms with Crippen LogP contribution < -0.4 is 10.1 Å². The van der Waals surface area contributed by atoms with Crippen molar-refractivity contribution < 1.29 is 22.7 Å². The lowest BCUT2D eigenvalue weighted by molar-refractivity contribution is -0.119. The lowest BCUT2D eigenvalue weighted by Crippen LogP contribution is -2.40. The summed E-state index contributed by atoms with van der Waals surface area (Å²) >= 11 is 0. The van der Waals surface area contributed by atoms with Crippen LogP contribution >= 0.6 is 0 Å². The summed E-state index contributed by atoms with van der Waals surface area (Å²) in [6.07, 6.45) is 1.69. The summed E-state index contributed by atoms with van der Waals surface area (Å²) in [6, 6.07) is 4.67. The third-order valence-corrected chi connectivity index (χ3v) is 6.11. The van der Waals surface area contributed by atoms with Gasteiger partial charge in [0.1, 0.15) is 10.6 Å². The molecule has 1 atom stereocenters. The molecule has 1 N–H and O–H groups in total. The van der Waals surface area contributed by atoms with Crippen LogP contribution in [-0.4, -0.2) is 52.0 Å². The van der Waals surface area contributed by atoms with Gasteiger partial charge in [0.2, 0.25) is 15.9 Å². The van der Waals surface area contributed by atoms with Crippen molar-refractivity contribution in [3.05, 3.63) is 18.2 Å². The highest BCUT2D eigenvalue weighted by Gasteiger charge is 2.29. The maximum Gasteiger partial charge on any atom is 0.246 e. The lowest BCUT2D eigenvalue weighted by atomic mass is 10.1. The van der Waals surface area contributed by atoms with Crippen molar-refractivity contribution in [1.82, 2.24) is 4.31 Å². The van der Waals surface area contributed by atoms with Gasteiger partial charge in [-0.1, -0.05) is 20.3 Å². The van der Waals surface area contributed by atoms with Crippen LogP contribution in [0.25, 0.3) is 0 Å². The highest BCUT2D eigenvalue weighted by Crippen LogP contribution is 2.30. The topological polar surface area (TPSA) is 84.9 Å². The number of hydrogen-bond acceptors (Lipinski definition) is 5. The van der Waals surface area contributed by atoms with Crippen LogP contribution in [0.5, 0.6) is 5.75 Å². The monoisotopic (exact) mass is 370 g/mol. The van der Waals surface area contributed by atoms with Gasteiger partial charge in [-0.25, -0.2) is 8.42 Å². The molecule has 1 fully saturated rings. The summed E-state index contributed by atoms with van der Waals surface area (Å²) in [6.45, 7) is 5.21. The second kappa shape index (κ2) is 8.64. The van der Waals surface area contributed by atoms with Crippen molar-refractivity contribution in [2.45, 2.75) is 31.6 Å². The standard InChI is InChI=1S/C17H26N2O5S/c1-4-5-13(2)17(20)18-14-6-7-15(23-3)16(12-14)25(21,22)19-8-10-24-11-9-19/h6-7,12-13H,4-5,8-11H2,1-3H3,(H,18,20). The number of methoxy groups -OCH3 is 1. The summed E-state index contributed by atoms with van der Waals surface area (Å²) in [5, 5.41) is 2.79. The Balaban J connectivity index is 2.29. The molecule has 1 aliphatic heterocycles. The molecule has 7 nitrogen and oxygen atoms in total. The molecular formula is C17H26N2O5S. The average molecular weight is 370 g/mol. The number of rotatable bonds is 7. The van der Waals surface area contributed by atoms with Gasteiger partial charge in [-0.15, -0.1) is 0 Å². The first-order valence-corrected chi connectivity index (χ1v) is 9.91. The molecule has 1 aromatic rings. The smallest absolute Gasteiger partial charge is 0.246 e. The molecule has 2 rings (SSSR count).